The summed E-state index contributed by atoms with van der Waals surface area (Å²) in [6.45, 7) is 6.90. The lowest BCUT2D eigenvalue weighted by atomic mass is 10.1. The molecule has 0 bridgehead atoms. The first-order chi connectivity index (χ1) is 7.69. The normalized spacial score (nSPS) is 25.9. The van der Waals surface area contributed by atoms with Crippen molar-refractivity contribution in [3.63, 3.8) is 0 Å². The molecule has 1 saturated heterocycles. The molecule has 1 aromatic heterocycles. The van der Waals surface area contributed by atoms with E-state index < -0.39 is 0 Å². The fraction of sp³-hybridized carbons (Fsp3) is 0.615. The zero-order chi connectivity index (χ0) is 11.5. The predicted molar refractivity (Wildman–Crippen MR) is 67.4 cm³/mol. The van der Waals surface area contributed by atoms with Crippen LogP contribution in [0, 0.1) is 5.92 Å². The molecule has 0 aliphatic carbocycles. The van der Waals surface area contributed by atoms with Crippen molar-refractivity contribution < 1.29 is 0 Å². The summed E-state index contributed by atoms with van der Waals surface area (Å²) < 4.78 is 0. The fourth-order valence-corrected chi connectivity index (χ4v) is 2.51. The van der Waals surface area contributed by atoms with Crippen LogP contribution in [-0.2, 0) is 6.54 Å². The van der Waals surface area contributed by atoms with E-state index in [-0.39, 0.29) is 0 Å². The summed E-state index contributed by atoms with van der Waals surface area (Å²) in [6, 6.07) is 4.91. The lowest BCUT2D eigenvalue weighted by molar-refractivity contribution is 0.256. The highest BCUT2D eigenvalue weighted by Gasteiger charge is 2.25. The van der Waals surface area contributed by atoms with Gasteiger partial charge in [-0.15, -0.1) is 0 Å². The Bertz CT molecular complexity index is 334. The molecule has 2 unspecified atom stereocenters. The van der Waals surface area contributed by atoms with E-state index in [0.29, 0.717) is 6.04 Å². The van der Waals surface area contributed by atoms with Gasteiger partial charge in [-0.2, -0.15) is 0 Å². The van der Waals surface area contributed by atoms with Crippen molar-refractivity contribution in [2.45, 2.75) is 32.9 Å². The van der Waals surface area contributed by atoms with Gasteiger partial charge in [0.05, 0.1) is 0 Å². The molecule has 3 heteroatoms. The van der Waals surface area contributed by atoms with Gasteiger partial charge in [-0.05, 0) is 30.9 Å². The smallest absolute Gasteiger partial charge is 0.125 e. The van der Waals surface area contributed by atoms with E-state index in [2.05, 4.69) is 35.1 Å². The van der Waals surface area contributed by atoms with E-state index >= 15 is 0 Å². The minimum Gasteiger partial charge on any atom is -0.373 e. The molecule has 16 heavy (non-hydrogen) atoms. The van der Waals surface area contributed by atoms with Gasteiger partial charge in [0.2, 0.25) is 0 Å². The van der Waals surface area contributed by atoms with Gasteiger partial charge in [-0.1, -0.05) is 13.0 Å². The minimum atomic E-state index is 0.707. The Morgan fingerprint density at radius 2 is 2.25 bits per heavy atom. The second-order valence-electron chi connectivity index (χ2n) is 4.92. The third-order valence-corrected chi connectivity index (χ3v) is 3.38. The molecule has 0 spiro atoms. The molecule has 0 amide bonds. The van der Waals surface area contributed by atoms with Crippen LogP contribution in [0.4, 0.5) is 5.82 Å². The maximum atomic E-state index is 4.35. The molecule has 88 valence electrons. The number of hydrogen-bond acceptors (Lipinski definition) is 3. The molecule has 2 atom stereocenters. The van der Waals surface area contributed by atoms with Gasteiger partial charge in [-0.25, -0.2) is 4.98 Å². The van der Waals surface area contributed by atoms with E-state index in [1.54, 1.807) is 0 Å². The Morgan fingerprint density at radius 3 is 2.75 bits per heavy atom. The third-order valence-electron chi connectivity index (χ3n) is 3.38. The second-order valence-corrected chi connectivity index (χ2v) is 4.92. The number of hydrogen-bond donors (Lipinski definition) is 1. The van der Waals surface area contributed by atoms with Crippen molar-refractivity contribution in [1.82, 2.24) is 9.88 Å². The Kier molecular flexibility index (Phi) is 3.44. The van der Waals surface area contributed by atoms with Crippen LogP contribution < -0.4 is 5.32 Å². The molecule has 1 aromatic rings. The van der Waals surface area contributed by atoms with Gasteiger partial charge in [0.1, 0.15) is 5.82 Å². The van der Waals surface area contributed by atoms with Crippen LogP contribution in [0.25, 0.3) is 0 Å². The first-order valence-corrected chi connectivity index (χ1v) is 6.05. The highest BCUT2D eigenvalue weighted by atomic mass is 15.2. The number of nitrogens with one attached hydrogen (secondary N) is 1. The molecule has 0 aromatic carbocycles. The monoisotopic (exact) mass is 219 g/mol. The number of pyridine rings is 1. The van der Waals surface area contributed by atoms with Crippen LogP contribution in [0.15, 0.2) is 18.3 Å². The molecule has 0 saturated carbocycles. The van der Waals surface area contributed by atoms with Crippen LogP contribution in [0.1, 0.15) is 25.8 Å². The Morgan fingerprint density at radius 1 is 1.44 bits per heavy atom. The number of aromatic nitrogens is 1. The van der Waals surface area contributed by atoms with Crippen molar-refractivity contribution in [3.05, 3.63) is 23.9 Å². The summed E-state index contributed by atoms with van der Waals surface area (Å²) in [7, 11) is 1.90. The largest absolute Gasteiger partial charge is 0.373 e. The van der Waals surface area contributed by atoms with Crippen molar-refractivity contribution in [1.29, 1.82) is 0 Å². The summed E-state index contributed by atoms with van der Waals surface area (Å²) in [5.41, 5.74) is 1.31. The average molecular weight is 219 g/mol. The molecule has 1 fully saturated rings. The minimum absolute atomic E-state index is 0.707. The van der Waals surface area contributed by atoms with Crippen LogP contribution in [0.3, 0.4) is 0 Å². The molecule has 2 heterocycles. The lowest BCUT2D eigenvalue weighted by Crippen LogP contribution is -2.26. The average Bonchev–Trinajstić information content (AvgIpc) is 2.59. The van der Waals surface area contributed by atoms with E-state index in [9.17, 15) is 0 Å². The van der Waals surface area contributed by atoms with Crippen LogP contribution in [-0.4, -0.2) is 29.5 Å². The van der Waals surface area contributed by atoms with Crippen molar-refractivity contribution in [3.8, 4) is 0 Å². The first-order valence-electron chi connectivity index (χ1n) is 6.05. The van der Waals surface area contributed by atoms with Crippen molar-refractivity contribution in [2.24, 2.45) is 5.92 Å². The molecule has 3 nitrogen and oxygen atoms in total. The molecular formula is C13H21N3. The maximum absolute atomic E-state index is 4.35. The molecular weight excluding hydrogens is 198 g/mol. The van der Waals surface area contributed by atoms with Crippen LogP contribution >= 0.6 is 0 Å². The molecule has 1 aliphatic rings. The highest BCUT2D eigenvalue weighted by Crippen LogP contribution is 2.24. The maximum Gasteiger partial charge on any atom is 0.125 e. The van der Waals surface area contributed by atoms with E-state index in [1.807, 2.05) is 19.3 Å². The predicted octanol–water partition coefficient (Wildman–Crippen LogP) is 2.35. The molecule has 1 N–H and O–H groups in total. The molecule has 1 aliphatic heterocycles. The number of likely N-dealkylation sites (tertiary alicyclic amines) is 1. The topological polar surface area (TPSA) is 28.2 Å². The SMILES string of the molecule is CNc1ccc(CN2CC(C)CC2C)cn1. The fourth-order valence-electron chi connectivity index (χ4n) is 2.51. The number of rotatable bonds is 3. The Labute approximate surface area is 97.9 Å². The van der Waals surface area contributed by atoms with Gasteiger partial charge in [0, 0.05) is 32.4 Å². The van der Waals surface area contributed by atoms with Crippen molar-refractivity contribution in [2.75, 3.05) is 18.9 Å². The summed E-state index contributed by atoms with van der Waals surface area (Å²) in [6.07, 6.45) is 3.30. The van der Waals surface area contributed by atoms with E-state index in [1.165, 1.54) is 18.5 Å². The van der Waals surface area contributed by atoms with Crippen LogP contribution in [0.5, 0.6) is 0 Å². The lowest BCUT2D eigenvalue weighted by Gasteiger charge is -2.20. The summed E-state index contributed by atoms with van der Waals surface area (Å²) in [5.74, 6) is 1.77. The third kappa shape index (κ3) is 2.53. The standard InChI is InChI=1S/C13H21N3/c1-10-6-11(2)16(8-10)9-12-4-5-13(14-3)15-7-12/h4-5,7,10-11H,6,8-9H2,1-3H3,(H,14,15). The first kappa shape index (κ1) is 11.4. The van der Waals surface area contributed by atoms with E-state index in [4.69, 9.17) is 0 Å². The summed E-state index contributed by atoms with van der Waals surface area (Å²) in [5, 5.41) is 3.04. The quantitative estimate of drug-likeness (QED) is 0.846. The number of nitrogens with zero attached hydrogens (tertiary/aromatic N) is 2. The van der Waals surface area contributed by atoms with E-state index in [0.717, 1.165) is 18.3 Å². The van der Waals surface area contributed by atoms with Crippen molar-refractivity contribution >= 4 is 5.82 Å². The van der Waals surface area contributed by atoms with Gasteiger partial charge in [0.15, 0.2) is 0 Å². The van der Waals surface area contributed by atoms with Gasteiger partial charge in [0.25, 0.3) is 0 Å². The van der Waals surface area contributed by atoms with Crippen LogP contribution in [0.2, 0.25) is 0 Å². The summed E-state index contributed by atoms with van der Waals surface area (Å²) in [4.78, 5) is 6.89. The Hall–Kier alpha value is -1.09. The summed E-state index contributed by atoms with van der Waals surface area (Å²) >= 11 is 0. The Balaban J connectivity index is 1.98. The zero-order valence-corrected chi connectivity index (χ0v) is 10.4. The molecule has 2 rings (SSSR count). The van der Waals surface area contributed by atoms with Gasteiger partial charge < -0.3 is 5.32 Å². The van der Waals surface area contributed by atoms with Gasteiger partial charge >= 0.3 is 0 Å². The molecule has 0 radical (unpaired) electrons. The second kappa shape index (κ2) is 4.83. The highest BCUT2D eigenvalue weighted by molar-refractivity contribution is 5.34. The number of anilines is 1. The van der Waals surface area contributed by atoms with Gasteiger partial charge in [-0.3, -0.25) is 4.90 Å². The zero-order valence-electron chi connectivity index (χ0n) is 10.4.